The molecule has 1 saturated heterocycles. The van der Waals surface area contributed by atoms with Gasteiger partial charge in [-0.15, -0.1) is 0 Å². The number of carbonyl (C=O) groups is 2. The molecule has 0 saturated carbocycles. The number of carbonyl (C=O) groups excluding carboxylic acids is 2. The molecule has 0 N–H and O–H groups in total. The van der Waals surface area contributed by atoms with Gasteiger partial charge in [0.25, 0.3) is 11.1 Å². The summed E-state index contributed by atoms with van der Waals surface area (Å²) in [6, 6.07) is 14.1. The minimum atomic E-state index is -0.335. The SMILES string of the molecule is O=C1S/C(=C\c2cccc(Cl)c2)C(=O)N1CCOc1ccccc1Cl. The lowest BCUT2D eigenvalue weighted by atomic mass is 10.2. The van der Waals surface area contributed by atoms with Gasteiger partial charge in [0.05, 0.1) is 16.5 Å². The quantitative estimate of drug-likeness (QED) is 0.662. The fraction of sp³-hybridized carbons (Fsp3) is 0.111. The van der Waals surface area contributed by atoms with Crippen LogP contribution in [0.15, 0.2) is 53.4 Å². The van der Waals surface area contributed by atoms with Gasteiger partial charge in [-0.05, 0) is 47.7 Å². The van der Waals surface area contributed by atoms with E-state index < -0.39 is 0 Å². The molecule has 0 radical (unpaired) electrons. The lowest BCUT2D eigenvalue weighted by Crippen LogP contribution is -2.32. The van der Waals surface area contributed by atoms with Crippen LogP contribution in [-0.2, 0) is 4.79 Å². The van der Waals surface area contributed by atoms with E-state index in [1.54, 1.807) is 48.5 Å². The van der Waals surface area contributed by atoms with Crippen LogP contribution in [0.5, 0.6) is 5.75 Å². The van der Waals surface area contributed by atoms with Crippen molar-refractivity contribution < 1.29 is 14.3 Å². The molecule has 3 rings (SSSR count). The van der Waals surface area contributed by atoms with E-state index in [1.807, 2.05) is 6.07 Å². The maximum Gasteiger partial charge on any atom is 0.293 e. The van der Waals surface area contributed by atoms with E-state index >= 15 is 0 Å². The third kappa shape index (κ3) is 4.37. The van der Waals surface area contributed by atoms with Crippen LogP contribution in [0.1, 0.15) is 5.56 Å². The lowest BCUT2D eigenvalue weighted by molar-refractivity contribution is -0.123. The first-order chi connectivity index (χ1) is 12.0. The molecule has 2 aromatic rings. The fourth-order valence-electron chi connectivity index (χ4n) is 2.25. The van der Waals surface area contributed by atoms with Crippen molar-refractivity contribution in [2.24, 2.45) is 0 Å². The molecule has 1 heterocycles. The number of nitrogens with zero attached hydrogens (tertiary/aromatic N) is 1. The van der Waals surface area contributed by atoms with Crippen LogP contribution in [0.25, 0.3) is 6.08 Å². The zero-order valence-corrected chi connectivity index (χ0v) is 15.3. The predicted molar refractivity (Wildman–Crippen MR) is 101 cm³/mol. The first-order valence-corrected chi connectivity index (χ1v) is 9.00. The standard InChI is InChI=1S/C18H13Cl2NO3S/c19-13-5-3-4-12(10-13)11-16-17(22)21(18(23)25-16)8-9-24-15-7-2-1-6-14(15)20/h1-7,10-11H,8-9H2/b16-11-. The van der Waals surface area contributed by atoms with E-state index in [4.69, 9.17) is 27.9 Å². The van der Waals surface area contributed by atoms with Crippen molar-refractivity contribution in [1.82, 2.24) is 4.90 Å². The molecule has 0 unspecified atom stereocenters. The minimum absolute atomic E-state index is 0.156. The summed E-state index contributed by atoms with van der Waals surface area (Å²) in [7, 11) is 0. The second-order valence-electron chi connectivity index (χ2n) is 5.17. The maximum absolute atomic E-state index is 12.4. The Hall–Kier alpha value is -1.95. The highest BCUT2D eigenvalue weighted by Crippen LogP contribution is 2.32. The second kappa shape index (κ2) is 7.95. The highest BCUT2D eigenvalue weighted by atomic mass is 35.5. The van der Waals surface area contributed by atoms with Crippen molar-refractivity contribution in [1.29, 1.82) is 0 Å². The van der Waals surface area contributed by atoms with E-state index in [1.165, 1.54) is 0 Å². The summed E-state index contributed by atoms with van der Waals surface area (Å²) in [5, 5.41) is 0.736. The largest absolute Gasteiger partial charge is 0.490 e. The molecule has 2 amide bonds. The Morgan fingerprint density at radius 3 is 2.64 bits per heavy atom. The molecule has 7 heteroatoms. The van der Waals surface area contributed by atoms with Crippen LogP contribution in [-0.4, -0.2) is 29.2 Å². The number of ether oxygens (including phenoxy) is 1. The molecule has 2 aromatic carbocycles. The minimum Gasteiger partial charge on any atom is -0.490 e. The van der Waals surface area contributed by atoms with Crippen molar-refractivity contribution in [2.75, 3.05) is 13.2 Å². The van der Waals surface area contributed by atoms with Crippen molar-refractivity contribution in [3.05, 3.63) is 69.0 Å². The molecule has 128 valence electrons. The number of benzene rings is 2. The summed E-state index contributed by atoms with van der Waals surface area (Å²) in [4.78, 5) is 26.0. The predicted octanol–water partition coefficient (Wildman–Crippen LogP) is 5.11. The molecular weight excluding hydrogens is 381 g/mol. The van der Waals surface area contributed by atoms with Crippen LogP contribution < -0.4 is 4.74 Å². The number of hydrogen-bond acceptors (Lipinski definition) is 4. The van der Waals surface area contributed by atoms with Gasteiger partial charge in [0.1, 0.15) is 12.4 Å². The number of para-hydroxylation sites is 1. The molecule has 1 aliphatic heterocycles. The number of halogens is 2. The van der Waals surface area contributed by atoms with Gasteiger partial charge in [0, 0.05) is 5.02 Å². The van der Waals surface area contributed by atoms with Gasteiger partial charge in [0.15, 0.2) is 0 Å². The Morgan fingerprint density at radius 2 is 1.88 bits per heavy atom. The molecular formula is C18H13Cl2NO3S. The fourth-order valence-corrected chi connectivity index (χ4v) is 3.50. The van der Waals surface area contributed by atoms with Gasteiger partial charge in [-0.1, -0.05) is 47.5 Å². The molecule has 0 aliphatic carbocycles. The average Bonchev–Trinajstić information content (AvgIpc) is 2.84. The van der Waals surface area contributed by atoms with Gasteiger partial charge in [-0.3, -0.25) is 14.5 Å². The number of rotatable bonds is 5. The van der Waals surface area contributed by atoms with Crippen molar-refractivity contribution in [3.63, 3.8) is 0 Å². The smallest absolute Gasteiger partial charge is 0.293 e. The third-order valence-electron chi connectivity index (χ3n) is 3.43. The highest BCUT2D eigenvalue weighted by Gasteiger charge is 2.34. The summed E-state index contributed by atoms with van der Waals surface area (Å²) in [6.07, 6.45) is 1.66. The van der Waals surface area contributed by atoms with Crippen LogP contribution in [0.2, 0.25) is 10.0 Å². The molecule has 4 nitrogen and oxygen atoms in total. The first kappa shape index (κ1) is 17.9. The Kier molecular flexibility index (Phi) is 5.68. The zero-order valence-electron chi connectivity index (χ0n) is 12.9. The molecule has 0 bridgehead atoms. The summed E-state index contributed by atoms with van der Waals surface area (Å²) in [5.41, 5.74) is 0.769. The number of imide groups is 1. The topological polar surface area (TPSA) is 46.6 Å². The molecule has 0 spiro atoms. The lowest BCUT2D eigenvalue weighted by Gasteiger charge is -2.13. The van der Waals surface area contributed by atoms with Crippen LogP contribution >= 0.6 is 35.0 Å². The molecule has 0 aromatic heterocycles. The van der Waals surface area contributed by atoms with Gasteiger partial charge < -0.3 is 4.74 Å². The summed E-state index contributed by atoms with van der Waals surface area (Å²) < 4.78 is 5.54. The second-order valence-corrected chi connectivity index (χ2v) is 7.00. The Labute approximate surface area is 159 Å². The van der Waals surface area contributed by atoms with Crippen LogP contribution in [0, 0.1) is 0 Å². The molecule has 1 fully saturated rings. The third-order valence-corrected chi connectivity index (χ3v) is 4.88. The Bertz CT molecular complexity index is 854. The summed E-state index contributed by atoms with van der Waals surface area (Å²) in [6.45, 7) is 0.328. The van der Waals surface area contributed by atoms with Crippen molar-refractivity contribution in [3.8, 4) is 5.75 Å². The summed E-state index contributed by atoms with van der Waals surface area (Å²) in [5.74, 6) is 0.184. The normalized spacial score (nSPS) is 15.9. The van der Waals surface area contributed by atoms with Gasteiger partial charge >= 0.3 is 0 Å². The Balaban J connectivity index is 1.64. The monoisotopic (exact) mass is 393 g/mol. The first-order valence-electron chi connectivity index (χ1n) is 7.43. The summed E-state index contributed by atoms with van der Waals surface area (Å²) >= 11 is 12.9. The van der Waals surface area contributed by atoms with E-state index in [9.17, 15) is 9.59 Å². The molecule has 0 atom stereocenters. The Morgan fingerprint density at radius 1 is 1.08 bits per heavy atom. The number of thioether (sulfide) groups is 1. The van der Waals surface area contributed by atoms with Gasteiger partial charge in [-0.25, -0.2) is 0 Å². The number of hydrogen-bond donors (Lipinski definition) is 0. The molecule has 25 heavy (non-hydrogen) atoms. The van der Waals surface area contributed by atoms with Crippen LogP contribution in [0.3, 0.4) is 0 Å². The van der Waals surface area contributed by atoms with E-state index in [0.717, 1.165) is 22.2 Å². The van der Waals surface area contributed by atoms with E-state index in [2.05, 4.69) is 0 Å². The van der Waals surface area contributed by atoms with Gasteiger partial charge in [-0.2, -0.15) is 0 Å². The number of amides is 2. The zero-order chi connectivity index (χ0) is 17.8. The van der Waals surface area contributed by atoms with Crippen molar-refractivity contribution >= 4 is 52.2 Å². The van der Waals surface area contributed by atoms with Crippen molar-refractivity contribution in [2.45, 2.75) is 0 Å². The van der Waals surface area contributed by atoms with Crippen LogP contribution in [0.4, 0.5) is 4.79 Å². The van der Waals surface area contributed by atoms with E-state index in [0.29, 0.717) is 20.7 Å². The maximum atomic E-state index is 12.4. The average molecular weight is 394 g/mol. The molecule has 1 aliphatic rings. The highest BCUT2D eigenvalue weighted by molar-refractivity contribution is 8.18. The van der Waals surface area contributed by atoms with Gasteiger partial charge in [0.2, 0.25) is 0 Å². The van der Waals surface area contributed by atoms with E-state index in [-0.39, 0.29) is 24.3 Å².